The number of aromatic nitrogens is 2. The van der Waals surface area contributed by atoms with Crippen LogP contribution in [0.4, 0.5) is 0 Å². The van der Waals surface area contributed by atoms with Crippen LogP contribution in [-0.2, 0) is 4.74 Å². The summed E-state index contributed by atoms with van der Waals surface area (Å²) in [6.45, 7) is 5.45. The molecule has 0 spiro atoms. The van der Waals surface area contributed by atoms with E-state index in [1.54, 1.807) is 31.3 Å². The molecular formula is C25H28ClN3O5. The number of hydrogen-bond donors (Lipinski definition) is 2. The van der Waals surface area contributed by atoms with Crippen molar-refractivity contribution in [2.24, 2.45) is 5.92 Å². The van der Waals surface area contributed by atoms with Gasteiger partial charge in [0.1, 0.15) is 17.1 Å². The Labute approximate surface area is 203 Å². The number of amides is 1. The van der Waals surface area contributed by atoms with Gasteiger partial charge in [0.05, 0.1) is 26.4 Å². The van der Waals surface area contributed by atoms with Crippen molar-refractivity contribution >= 4 is 17.5 Å². The van der Waals surface area contributed by atoms with Gasteiger partial charge < -0.3 is 24.2 Å². The zero-order valence-corrected chi connectivity index (χ0v) is 20.3. The largest absolute Gasteiger partial charge is 0.507 e. The first-order valence-corrected chi connectivity index (χ1v) is 11.4. The number of ether oxygens (including phenoxy) is 3. The molecule has 34 heavy (non-hydrogen) atoms. The molecule has 0 saturated carbocycles. The molecule has 0 aliphatic carbocycles. The quantitative estimate of drug-likeness (QED) is 0.457. The lowest BCUT2D eigenvalue weighted by atomic mass is 9.95. The van der Waals surface area contributed by atoms with Gasteiger partial charge in [0.25, 0.3) is 5.91 Å². The predicted octanol–water partition coefficient (Wildman–Crippen LogP) is 4.67. The number of rotatable bonds is 9. The highest BCUT2D eigenvalue weighted by Crippen LogP contribution is 2.46. The number of carbonyl (C=O) groups is 1. The number of halogens is 1. The van der Waals surface area contributed by atoms with Gasteiger partial charge in [0.2, 0.25) is 0 Å². The summed E-state index contributed by atoms with van der Waals surface area (Å²) in [5, 5.41) is 18.2. The molecule has 0 saturated heterocycles. The standard InChI is InChI=1S/C25H28ClN3O5/c1-14(2)13-34-19-8-5-15(11-20(19)33-4)24-21-22(17-12-16(26)6-7-18(17)30)27-28-23(21)25(31)29(24)9-10-32-3/h5-8,11-12,14,24,30H,9-10,13H2,1-4H3,(H,27,28). The number of nitrogens with one attached hydrogen (secondary N) is 1. The Morgan fingerprint density at radius 2 is 1.97 bits per heavy atom. The zero-order chi connectivity index (χ0) is 24.4. The SMILES string of the molecule is COCCN1C(=O)c2[nH]nc(-c3cc(Cl)ccc3O)c2C1c1ccc(OCC(C)C)c(OC)c1. The van der Waals surface area contributed by atoms with Gasteiger partial charge in [-0.2, -0.15) is 5.10 Å². The topological polar surface area (TPSA) is 96.9 Å². The molecule has 0 radical (unpaired) electrons. The molecule has 9 heteroatoms. The number of hydrogen-bond acceptors (Lipinski definition) is 6. The van der Waals surface area contributed by atoms with Crippen molar-refractivity contribution in [2.75, 3.05) is 34.0 Å². The van der Waals surface area contributed by atoms with Gasteiger partial charge in [-0.3, -0.25) is 9.89 Å². The van der Waals surface area contributed by atoms with Gasteiger partial charge in [0, 0.05) is 29.8 Å². The molecule has 1 aliphatic heterocycles. The second-order valence-electron chi connectivity index (χ2n) is 8.53. The summed E-state index contributed by atoms with van der Waals surface area (Å²) in [4.78, 5) is 15.1. The number of carbonyl (C=O) groups excluding carboxylic acids is 1. The van der Waals surface area contributed by atoms with Crippen LogP contribution < -0.4 is 9.47 Å². The number of H-pyrrole nitrogens is 1. The zero-order valence-electron chi connectivity index (χ0n) is 19.6. The second-order valence-corrected chi connectivity index (χ2v) is 8.97. The van der Waals surface area contributed by atoms with E-state index in [1.807, 2.05) is 18.2 Å². The van der Waals surface area contributed by atoms with Gasteiger partial charge in [-0.05, 0) is 41.8 Å². The minimum atomic E-state index is -0.474. The lowest BCUT2D eigenvalue weighted by Gasteiger charge is -2.27. The van der Waals surface area contributed by atoms with Crippen LogP contribution in [0.3, 0.4) is 0 Å². The van der Waals surface area contributed by atoms with Crippen LogP contribution in [0, 0.1) is 5.92 Å². The monoisotopic (exact) mass is 485 g/mol. The van der Waals surface area contributed by atoms with Gasteiger partial charge in [-0.1, -0.05) is 31.5 Å². The van der Waals surface area contributed by atoms with Gasteiger partial charge in [-0.25, -0.2) is 0 Å². The van der Waals surface area contributed by atoms with E-state index in [0.717, 1.165) is 5.56 Å². The fourth-order valence-corrected chi connectivity index (χ4v) is 4.27. The van der Waals surface area contributed by atoms with Crippen molar-refractivity contribution in [1.82, 2.24) is 15.1 Å². The highest BCUT2D eigenvalue weighted by atomic mass is 35.5. The number of phenolic OH excluding ortho intramolecular Hbond substituents is 1. The van der Waals surface area contributed by atoms with Crippen molar-refractivity contribution in [3.8, 4) is 28.5 Å². The van der Waals surface area contributed by atoms with Crippen molar-refractivity contribution in [3.05, 3.63) is 58.2 Å². The summed E-state index contributed by atoms with van der Waals surface area (Å²) in [7, 11) is 3.18. The summed E-state index contributed by atoms with van der Waals surface area (Å²) >= 11 is 6.20. The van der Waals surface area contributed by atoms with Crippen molar-refractivity contribution in [3.63, 3.8) is 0 Å². The lowest BCUT2D eigenvalue weighted by Crippen LogP contribution is -2.32. The van der Waals surface area contributed by atoms with Crippen LogP contribution in [0.5, 0.6) is 17.2 Å². The highest BCUT2D eigenvalue weighted by Gasteiger charge is 2.42. The summed E-state index contributed by atoms with van der Waals surface area (Å²) in [5.74, 6) is 1.39. The molecule has 2 N–H and O–H groups in total. The van der Waals surface area contributed by atoms with Crippen molar-refractivity contribution < 1.29 is 24.1 Å². The Kier molecular flexibility index (Phi) is 7.00. The summed E-state index contributed by atoms with van der Waals surface area (Å²) < 4.78 is 16.8. The van der Waals surface area contributed by atoms with E-state index in [4.69, 9.17) is 25.8 Å². The molecule has 8 nitrogen and oxygen atoms in total. The molecule has 2 aromatic carbocycles. The smallest absolute Gasteiger partial charge is 0.273 e. The van der Waals surface area contributed by atoms with Crippen LogP contribution in [0.25, 0.3) is 11.3 Å². The molecule has 2 heterocycles. The Morgan fingerprint density at radius 1 is 1.18 bits per heavy atom. The molecule has 180 valence electrons. The third-order valence-corrected chi connectivity index (χ3v) is 5.92. The summed E-state index contributed by atoms with van der Waals surface area (Å²) in [6.07, 6.45) is 0. The fourth-order valence-electron chi connectivity index (χ4n) is 4.10. The Balaban J connectivity index is 1.83. The highest BCUT2D eigenvalue weighted by molar-refractivity contribution is 6.31. The summed E-state index contributed by atoms with van der Waals surface area (Å²) in [6, 6.07) is 9.91. The molecule has 1 atom stereocenters. The van der Waals surface area contributed by atoms with Crippen LogP contribution in [0.15, 0.2) is 36.4 Å². The maximum atomic E-state index is 13.3. The van der Waals surface area contributed by atoms with Crippen molar-refractivity contribution in [1.29, 1.82) is 0 Å². The number of aromatic hydroxyl groups is 1. The van der Waals surface area contributed by atoms with E-state index in [-0.39, 0.29) is 11.7 Å². The number of phenols is 1. The number of aromatic amines is 1. The minimum Gasteiger partial charge on any atom is -0.507 e. The summed E-state index contributed by atoms with van der Waals surface area (Å²) in [5.41, 5.74) is 2.76. The van der Waals surface area contributed by atoms with Crippen LogP contribution >= 0.6 is 11.6 Å². The maximum Gasteiger partial charge on any atom is 0.273 e. The third-order valence-electron chi connectivity index (χ3n) is 5.69. The Bertz CT molecular complexity index is 1190. The predicted molar refractivity (Wildman–Crippen MR) is 129 cm³/mol. The average Bonchev–Trinajstić information content (AvgIpc) is 3.36. The first kappa shape index (κ1) is 23.9. The molecular weight excluding hydrogens is 458 g/mol. The molecule has 1 aliphatic rings. The van der Waals surface area contributed by atoms with Crippen molar-refractivity contribution in [2.45, 2.75) is 19.9 Å². The van der Waals surface area contributed by atoms with E-state index in [9.17, 15) is 9.90 Å². The van der Waals surface area contributed by atoms with E-state index in [2.05, 4.69) is 24.0 Å². The lowest BCUT2D eigenvalue weighted by molar-refractivity contribution is 0.0677. The van der Waals surface area contributed by atoms with E-state index in [1.165, 1.54) is 6.07 Å². The second kappa shape index (κ2) is 9.95. The van der Waals surface area contributed by atoms with E-state index >= 15 is 0 Å². The molecule has 0 fully saturated rings. The van der Waals surface area contributed by atoms with E-state index < -0.39 is 6.04 Å². The van der Waals surface area contributed by atoms with Gasteiger partial charge >= 0.3 is 0 Å². The van der Waals surface area contributed by atoms with Crippen LogP contribution in [0.1, 0.15) is 41.5 Å². The molecule has 0 bridgehead atoms. The first-order valence-electron chi connectivity index (χ1n) is 11.0. The number of methoxy groups -OCH3 is 2. The normalized spacial score (nSPS) is 15.2. The third kappa shape index (κ3) is 4.43. The Morgan fingerprint density at radius 3 is 2.68 bits per heavy atom. The Hall–Kier alpha value is -3.23. The number of benzene rings is 2. The molecule has 1 amide bonds. The molecule has 4 rings (SSSR count). The molecule has 1 aromatic heterocycles. The maximum absolute atomic E-state index is 13.3. The van der Waals surface area contributed by atoms with Gasteiger partial charge in [0.15, 0.2) is 11.5 Å². The first-order chi connectivity index (χ1) is 16.3. The van der Waals surface area contributed by atoms with E-state index in [0.29, 0.717) is 64.7 Å². The van der Waals surface area contributed by atoms with Gasteiger partial charge in [-0.15, -0.1) is 0 Å². The minimum absolute atomic E-state index is 0.0234. The fraction of sp³-hybridized carbons (Fsp3) is 0.360. The molecule has 3 aromatic rings. The average molecular weight is 486 g/mol. The van der Waals surface area contributed by atoms with Crippen LogP contribution in [-0.4, -0.2) is 60.1 Å². The molecule has 1 unspecified atom stereocenters. The number of fused-ring (bicyclic) bond motifs is 1. The number of nitrogens with zero attached hydrogens (tertiary/aromatic N) is 2. The van der Waals surface area contributed by atoms with Crippen LogP contribution in [0.2, 0.25) is 5.02 Å².